The molecule has 3 unspecified atom stereocenters. The lowest BCUT2D eigenvalue weighted by Crippen LogP contribution is -2.50. The third-order valence-electron chi connectivity index (χ3n) is 4.47. The monoisotopic (exact) mass is 226 g/mol. The molecule has 2 rings (SSSR count). The molecule has 2 nitrogen and oxygen atoms in total. The Kier molecular flexibility index (Phi) is 3.09. The van der Waals surface area contributed by atoms with Crippen LogP contribution in [0.15, 0.2) is 0 Å². The zero-order valence-electron chi connectivity index (χ0n) is 11.1. The Hall–Kier alpha value is -0.0800. The van der Waals surface area contributed by atoms with E-state index >= 15 is 0 Å². The predicted octanol–water partition coefficient (Wildman–Crippen LogP) is 2.99. The first-order valence-corrected chi connectivity index (χ1v) is 6.69. The number of hydrogen-bond donors (Lipinski definition) is 1. The van der Waals surface area contributed by atoms with Crippen LogP contribution in [-0.4, -0.2) is 23.4 Å². The minimum Gasteiger partial charge on any atom is -0.387 e. The maximum absolute atomic E-state index is 10.7. The van der Waals surface area contributed by atoms with Crippen molar-refractivity contribution in [2.75, 3.05) is 6.61 Å². The van der Waals surface area contributed by atoms with Crippen molar-refractivity contribution < 1.29 is 9.84 Å². The first-order valence-electron chi connectivity index (χ1n) is 6.69. The summed E-state index contributed by atoms with van der Waals surface area (Å²) in [4.78, 5) is 0. The zero-order valence-corrected chi connectivity index (χ0v) is 11.1. The van der Waals surface area contributed by atoms with Gasteiger partial charge >= 0.3 is 0 Å². The van der Waals surface area contributed by atoms with Crippen molar-refractivity contribution in [2.24, 2.45) is 17.3 Å². The maximum Gasteiger partial charge on any atom is 0.0938 e. The number of aliphatic hydroxyl groups is 1. The summed E-state index contributed by atoms with van der Waals surface area (Å²) in [5, 5.41) is 10.7. The summed E-state index contributed by atoms with van der Waals surface area (Å²) >= 11 is 0. The normalized spacial score (nSPS) is 42.4. The second-order valence-electron chi connectivity index (χ2n) is 6.90. The number of hydrogen-bond acceptors (Lipinski definition) is 2. The summed E-state index contributed by atoms with van der Waals surface area (Å²) in [5.74, 6) is 0.973. The van der Waals surface area contributed by atoms with E-state index in [1.165, 1.54) is 6.42 Å². The summed E-state index contributed by atoms with van der Waals surface area (Å²) in [6, 6.07) is 0. The number of rotatable bonds is 2. The molecule has 94 valence electrons. The molecule has 0 bridgehead atoms. The van der Waals surface area contributed by atoms with Crippen molar-refractivity contribution in [2.45, 2.75) is 65.1 Å². The lowest BCUT2D eigenvalue weighted by molar-refractivity contribution is -0.0788. The molecule has 1 N–H and O–H groups in total. The fourth-order valence-corrected chi connectivity index (χ4v) is 3.92. The van der Waals surface area contributed by atoms with E-state index in [4.69, 9.17) is 4.74 Å². The molecule has 1 saturated carbocycles. The Bertz CT molecular complexity index is 259. The maximum atomic E-state index is 10.7. The van der Waals surface area contributed by atoms with Crippen LogP contribution in [0.2, 0.25) is 0 Å². The van der Waals surface area contributed by atoms with E-state index in [0.717, 1.165) is 19.3 Å². The largest absolute Gasteiger partial charge is 0.387 e. The quantitative estimate of drug-likeness (QED) is 0.784. The Morgan fingerprint density at radius 3 is 2.62 bits per heavy atom. The van der Waals surface area contributed by atoms with Crippen molar-refractivity contribution in [1.29, 1.82) is 0 Å². The molecule has 0 spiro atoms. The van der Waals surface area contributed by atoms with Crippen molar-refractivity contribution in [3.63, 3.8) is 0 Å². The third kappa shape index (κ3) is 2.02. The molecule has 0 radical (unpaired) electrons. The first-order chi connectivity index (χ1) is 7.35. The number of fused-ring (bicyclic) bond motifs is 1. The van der Waals surface area contributed by atoms with Crippen LogP contribution in [0, 0.1) is 17.3 Å². The predicted molar refractivity (Wildman–Crippen MR) is 65.3 cm³/mol. The summed E-state index contributed by atoms with van der Waals surface area (Å²) in [7, 11) is 0. The second-order valence-corrected chi connectivity index (χ2v) is 6.90. The van der Waals surface area contributed by atoms with Gasteiger partial charge in [0, 0.05) is 5.92 Å². The highest BCUT2D eigenvalue weighted by Crippen LogP contribution is 2.53. The standard InChI is InChI=1S/C14H26O2/c1-10(2)8-11-12-13(3,4)6-5-7-14(12,15)9-16-11/h10-12,15H,5-9H2,1-4H3. The van der Waals surface area contributed by atoms with Gasteiger partial charge in [-0.3, -0.25) is 0 Å². The fourth-order valence-electron chi connectivity index (χ4n) is 3.92. The zero-order chi connectivity index (χ0) is 12.0. The Balaban J connectivity index is 2.20. The molecule has 1 aliphatic heterocycles. The molecule has 2 aliphatic rings. The van der Waals surface area contributed by atoms with Crippen LogP contribution >= 0.6 is 0 Å². The van der Waals surface area contributed by atoms with Crippen LogP contribution in [0.5, 0.6) is 0 Å². The van der Waals surface area contributed by atoms with E-state index in [0.29, 0.717) is 18.4 Å². The molecule has 0 amide bonds. The highest BCUT2D eigenvalue weighted by atomic mass is 16.5. The van der Waals surface area contributed by atoms with E-state index in [9.17, 15) is 5.11 Å². The van der Waals surface area contributed by atoms with E-state index < -0.39 is 5.60 Å². The Labute approximate surface area is 99.4 Å². The lowest BCUT2D eigenvalue weighted by Gasteiger charge is -2.46. The van der Waals surface area contributed by atoms with Crippen molar-refractivity contribution in [3.8, 4) is 0 Å². The highest BCUT2D eigenvalue weighted by Gasteiger charge is 2.56. The topological polar surface area (TPSA) is 29.5 Å². The van der Waals surface area contributed by atoms with Gasteiger partial charge in [-0.05, 0) is 37.0 Å². The van der Waals surface area contributed by atoms with Gasteiger partial charge in [-0.2, -0.15) is 0 Å². The smallest absolute Gasteiger partial charge is 0.0938 e. The molecule has 0 aromatic carbocycles. The van der Waals surface area contributed by atoms with E-state index in [2.05, 4.69) is 27.7 Å². The van der Waals surface area contributed by atoms with Crippen LogP contribution in [0.25, 0.3) is 0 Å². The third-order valence-corrected chi connectivity index (χ3v) is 4.47. The Morgan fingerprint density at radius 1 is 1.31 bits per heavy atom. The molecule has 1 saturated heterocycles. The van der Waals surface area contributed by atoms with Crippen LogP contribution in [0.4, 0.5) is 0 Å². The molecule has 1 heterocycles. The average molecular weight is 226 g/mol. The van der Waals surface area contributed by atoms with Crippen molar-refractivity contribution in [3.05, 3.63) is 0 Å². The van der Waals surface area contributed by atoms with Crippen LogP contribution in [0.1, 0.15) is 53.4 Å². The lowest BCUT2D eigenvalue weighted by atomic mass is 9.60. The van der Waals surface area contributed by atoms with Gasteiger partial charge in [-0.15, -0.1) is 0 Å². The highest BCUT2D eigenvalue weighted by molar-refractivity contribution is 5.05. The first kappa shape index (κ1) is 12.4. The fraction of sp³-hybridized carbons (Fsp3) is 1.00. The average Bonchev–Trinajstić information content (AvgIpc) is 2.42. The molecule has 2 fully saturated rings. The second kappa shape index (κ2) is 3.99. The minimum absolute atomic E-state index is 0.225. The summed E-state index contributed by atoms with van der Waals surface area (Å²) < 4.78 is 5.90. The summed E-state index contributed by atoms with van der Waals surface area (Å²) in [5.41, 5.74) is -0.315. The van der Waals surface area contributed by atoms with E-state index in [1.54, 1.807) is 0 Å². The number of ether oxygens (including phenoxy) is 1. The molecule has 0 aromatic rings. The Morgan fingerprint density at radius 2 is 2.00 bits per heavy atom. The summed E-state index contributed by atoms with van der Waals surface area (Å²) in [6.07, 6.45) is 4.63. The van der Waals surface area contributed by atoms with Crippen molar-refractivity contribution in [1.82, 2.24) is 0 Å². The van der Waals surface area contributed by atoms with E-state index in [-0.39, 0.29) is 11.5 Å². The summed E-state index contributed by atoms with van der Waals surface area (Å²) in [6.45, 7) is 9.61. The van der Waals surface area contributed by atoms with Gasteiger partial charge < -0.3 is 9.84 Å². The van der Waals surface area contributed by atoms with Crippen LogP contribution in [-0.2, 0) is 4.74 Å². The van der Waals surface area contributed by atoms with Crippen LogP contribution in [0.3, 0.4) is 0 Å². The molecule has 2 heteroatoms. The molecule has 16 heavy (non-hydrogen) atoms. The SMILES string of the molecule is CC(C)CC1OCC2(O)CCCC(C)(C)C12. The van der Waals surface area contributed by atoms with Gasteiger partial charge in [-0.25, -0.2) is 0 Å². The van der Waals surface area contributed by atoms with Gasteiger partial charge in [0.2, 0.25) is 0 Å². The van der Waals surface area contributed by atoms with Gasteiger partial charge in [-0.1, -0.05) is 27.7 Å². The molecular formula is C14H26O2. The minimum atomic E-state index is -0.540. The van der Waals surface area contributed by atoms with Gasteiger partial charge in [0.1, 0.15) is 0 Å². The van der Waals surface area contributed by atoms with E-state index in [1.807, 2.05) is 0 Å². The van der Waals surface area contributed by atoms with Crippen molar-refractivity contribution >= 4 is 0 Å². The van der Waals surface area contributed by atoms with Gasteiger partial charge in [0.05, 0.1) is 18.3 Å². The molecule has 0 aromatic heterocycles. The molecule has 1 aliphatic carbocycles. The van der Waals surface area contributed by atoms with Gasteiger partial charge in [0.25, 0.3) is 0 Å². The molecular weight excluding hydrogens is 200 g/mol. The molecule has 3 atom stereocenters. The van der Waals surface area contributed by atoms with Crippen LogP contribution < -0.4 is 0 Å². The van der Waals surface area contributed by atoms with Gasteiger partial charge in [0.15, 0.2) is 0 Å².